The predicted molar refractivity (Wildman–Crippen MR) is 69.0 cm³/mol. The summed E-state index contributed by atoms with van der Waals surface area (Å²) in [6, 6.07) is 6.00. The first-order chi connectivity index (χ1) is 7.93. The van der Waals surface area contributed by atoms with Crippen molar-refractivity contribution in [2.24, 2.45) is 0 Å². The van der Waals surface area contributed by atoms with E-state index in [-0.39, 0.29) is 23.7 Å². The fourth-order valence-electron chi connectivity index (χ4n) is 2.86. The molecule has 1 aromatic rings. The molecule has 0 N–H and O–H groups in total. The van der Waals surface area contributed by atoms with Gasteiger partial charge >= 0.3 is 0 Å². The number of carbonyl (C=O) groups is 1. The Bertz CT molecular complexity index is 512. The maximum atomic E-state index is 11.9. The SMILES string of the molecule is CC(=O)N1c2ccc(Br)cc2C2OC2C1(C)C. The lowest BCUT2D eigenvalue weighted by Crippen LogP contribution is -2.53. The van der Waals surface area contributed by atoms with Gasteiger partial charge in [-0.05, 0) is 32.0 Å². The van der Waals surface area contributed by atoms with Gasteiger partial charge in [-0.3, -0.25) is 4.79 Å². The quantitative estimate of drug-likeness (QED) is 0.689. The van der Waals surface area contributed by atoms with Gasteiger partial charge in [0.25, 0.3) is 0 Å². The molecule has 4 heteroatoms. The number of rotatable bonds is 0. The molecule has 0 spiro atoms. The number of hydrogen-bond acceptors (Lipinski definition) is 2. The van der Waals surface area contributed by atoms with E-state index in [0.717, 1.165) is 15.7 Å². The zero-order valence-corrected chi connectivity index (χ0v) is 11.6. The van der Waals surface area contributed by atoms with E-state index in [1.165, 1.54) is 0 Å². The highest BCUT2D eigenvalue weighted by Gasteiger charge is 2.59. The predicted octanol–water partition coefficient (Wildman–Crippen LogP) is 3.03. The van der Waals surface area contributed by atoms with Gasteiger partial charge in [0, 0.05) is 17.0 Å². The van der Waals surface area contributed by atoms with Gasteiger partial charge < -0.3 is 9.64 Å². The highest BCUT2D eigenvalue weighted by molar-refractivity contribution is 9.10. The largest absolute Gasteiger partial charge is 0.362 e. The van der Waals surface area contributed by atoms with Crippen LogP contribution in [0.4, 0.5) is 5.69 Å². The molecule has 1 saturated heterocycles. The summed E-state index contributed by atoms with van der Waals surface area (Å²) in [6.07, 6.45) is 0.265. The van der Waals surface area contributed by atoms with E-state index < -0.39 is 0 Å². The van der Waals surface area contributed by atoms with Crippen LogP contribution in [0, 0.1) is 0 Å². The van der Waals surface area contributed by atoms with Crippen molar-refractivity contribution >= 4 is 27.5 Å². The third kappa shape index (κ3) is 1.47. The second-order valence-corrected chi connectivity index (χ2v) is 6.10. The fraction of sp³-hybridized carbons (Fsp3) is 0.462. The first-order valence-corrected chi connectivity index (χ1v) is 6.48. The maximum Gasteiger partial charge on any atom is 0.224 e. The summed E-state index contributed by atoms with van der Waals surface area (Å²) >= 11 is 3.46. The second kappa shape index (κ2) is 3.33. The molecule has 1 aromatic carbocycles. The Kier molecular flexibility index (Phi) is 2.20. The summed E-state index contributed by atoms with van der Waals surface area (Å²) in [6.45, 7) is 5.73. The number of benzene rings is 1. The van der Waals surface area contributed by atoms with E-state index in [9.17, 15) is 4.79 Å². The number of amides is 1. The molecule has 90 valence electrons. The molecule has 2 unspecified atom stereocenters. The Labute approximate surface area is 109 Å². The minimum absolute atomic E-state index is 0.0625. The number of anilines is 1. The van der Waals surface area contributed by atoms with Crippen LogP contribution >= 0.6 is 15.9 Å². The molecule has 0 radical (unpaired) electrons. The number of epoxide rings is 1. The van der Waals surface area contributed by atoms with Crippen molar-refractivity contribution in [3.63, 3.8) is 0 Å². The lowest BCUT2D eigenvalue weighted by atomic mass is 9.87. The maximum absolute atomic E-state index is 11.9. The van der Waals surface area contributed by atoms with Crippen LogP contribution in [0.25, 0.3) is 0 Å². The van der Waals surface area contributed by atoms with Gasteiger partial charge in [-0.15, -0.1) is 0 Å². The highest BCUT2D eigenvalue weighted by Crippen LogP contribution is 2.55. The van der Waals surface area contributed by atoms with Crippen molar-refractivity contribution in [2.45, 2.75) is 38.5 Å². The molecule has 1 amide bonds. The molecule has 3 rings (SSSR count). The molecule has 2 heterocycles. The van der Waals surface area contributed by atoms with Crippen molar-refractivity contribution < 1.29 is 9.53 Å². The Morgan fingerprint density at radius 2 is 2.18 bits per heavy atom. The van der Waals surface area contributed by atoms with Crippen LogP contribution < -0.4 is 4.90 Å². The first-order valence-electron chi connectivity index (χ1n) is 5.68. The Hall–Kier alpha value is -0.870. The minimum atomic E-state index is -0.267. The van der Waals surface area contributed by atoms with Crippen LogP contribution in [0.2, 0.25) is 0 Å². The van der Waals surface area contributed by atoms with Gasteiger partial charge in [0.15, 0.2) is 0 Å². The third-order valence-corrected chi connectivity index (χ3v) is 4.11. The second-order valence-electron chi connectivity index (χ2n) is 5.19. The Morgan fingerprint density at radius 3 is 2.82 bits per heavy atom. The number of halogens is 1. The van der Waals surface area contributed by atoms with Crippen molar-refractivity contribution in [3.05, 3.63) is 28.2 Å². The van der Waals surface area contributed by atoms with Gasteiger partial charge in [0.05, 0.1) is 11.2 Å². The monoisotopic (exact) mass is 295 g/mol. The summed E-state index contributed by atoms with van der Waals surface area (Å²) in [7, 11) is 0. The van der Waals surface area contributed by atoms with Crippen LogP contribution in [0.15, 0.2) is 22.7 Å². The average molecular weight is 296 g/mol. The average Bonchev–Trinajstić information content (AvgIpc) is 2.98. The van der Waals surface area contributed by atoms with E-state index in [0.29, 0.717) is 0 Å². The molecule has 0 saturated carbocycles. The molecule has 2 atom stereocenters. The van der Waals surface area contributed by atoms with E-state index in [2.05, 4.69) is 29.8 Å². The normalized spacial score (nSPS) is 28.4. The smallest absolute Gasteiger partial charge is 0.224 e. The van der Waals surface area contributed by atoms with Crippen LogP contribution in [0.5, 0.6) is 0 Å². The molecule has 0 aromatic heterocycles. The van der Waals surface area contributed by atoms with Gasteiger partial charge in [0.1, 0.15) is 12.2 Å². The topological polar surface area (TPSA) is 32.8 Å². The molecular formula is C13H14BrNO2. The standard InChI is InChI=1S/C13H14BrNO2/c1-7(16)15-10-5-4-8(14)6-9(10)11-12(17-11)13(15,2)3/h4-6,11-12H,1-3H3. The number of hydrogen-bond donors (Lipinski definition) is 0. The highest BCUT2D eigenvalue weighted by atomic mass is 79.9. The summed E-state index contributed by atoms with van der Waals surface area (Å²) in [5.74, 6) is 0.0625. The van der Waals surface area contributed by atoms with E-state index in [1.807, 2.05) is 23.1 Å². The molecular weight excluding hydrogens is 282 g/mol. The molecule has 2 aliphatic rings. The summed E-state index contributed by atoms with van der Waals surface area (Å²) in [5, 5.41) is 0. The molecule has 17 heavy (non-hydrogen) atoms. The zero-order valence-electron chi connectivity index (χ0n) is 10.0. The van der Waals surface area contributed by atoms with Crippen LogP contribution in [0.3, 0.4) is 0 Å². The minimum Gasteiger partial charge on any atom is -0.362 e. The molecule has 1 fully saturated rings. The Morgan fingerprint density at radius 1 is 1.47 bits per heavy atom. The fourth-order valence-corrected chi connectivity index (χ4v) is 3.23. The van der Waals surface area contributed by atoms with E-state index in [4.69, 9.17) is 4.74 Å². The van der Waals surface area contributed by atoms with Gasteiger partial charge in [-0.2, -0.15) is 0 Å². The van der Waals surface area contributed by atoms with Crippen molar-refractivity contribution in [1.82, 2.24) is 0 Å². The number of carbonyl (C=O) groups excluding carboxylic acids is 1. The molecule has 2 aliphatic heterocycles. The summed E-state index contributed by atoms with van der Waals surface area (Å²) < 4.78 is 6.76. The van der Waals surface area contributed by atoms with Gasteiger partial charge in [-0.25, -0.2) is 0 Å². The first kappa shape index (κ1) is 11.2. The Balaban J connectivity index is 2.20. The van der Waals surface area contributed by atoms with Crippen molar-refractivity contribution in [2.75, 3.05) is 4.90 Å². The number of ether oxygens (including phenoxy) is 1. The van der Waals surface area contributed by atoms with Crippen LogP contribution in [0.1, 0.15) is 32.4 Å². The van der Waals surface area contributed by atoms with Gasteiger partial charge in [-0.1, -0.05) is 15.9 Å². The molecule has 0 aliphatic carbocycles. The van der Waals surface area contributed by atoms with E-state index in [1.54, 1.807) is 6.92 Å². The third-order valence-electron chi connectivity index (χ3n) is 3.62. The van der Waals surface area contributed by atoms with E-state index >= 15 is 0 Å². The van der Waals surface area contributed by atoms with Crippen molar-refractivity contribution in [1.29, 1.82) is 0 Å². The summed E-state index contributed by atoms with van der Waals surface area (Å²) in [5.41, 5.74) is 1.82. The van der Waals surface area contributed by atoms with Crippen molar-refractivity contribution in [3.8, 4) is 0 Å². The molecule has 0 bridgehead atoms. The lowest BCUT2D eigenvalue weighted by Gasteiger charge is -2.40. The molecule has 3 nitrogen and oxygen atoms in total. The zero-order chi connectivity index (χ0) is 12.4. The van der Waals surface area contributed by atoms with Crippen LogP contribution in [-0.2, 0) is 9.53 Å². The van der Waals surface area contributed by atoms with Crippen LogP contribution in [-0.4, -0.2) is 17.6 Å². The summed E-state index contributed by atoms with van der Waals surface area (Å²) in [4.78, 5) is 13.7. The lowest BCUT2D eigenvalue weighted by molar-refractivity contribution is -0.117. The number of nitrogens with zero attached hydrogens (tertiary/aromatic N) is 1. The van der Waals surface area contributed by atoms with Gasteiger partial charge in [0.2, 0.25) is 5.91 Å². The number of fused-ring (bicyclic) bond motifs is 3.